The second-order valence-electron chi connectivity index (χ2n) is 3.74. The van der Waals surface area contributed by atoms with E-state index in [0.717, 1.165) is 23.2 Å². The molecule has 0 heterocycles. The third kappa shape index (κ3) is 3.24. The molecule has 0 saturated carbocycles. The molecule has 0 fully saturated rings. The summed E-state index contributed by atoms with van der Waals surface area (Å²) in [5.41, 5.74) is 2.84. The van der Waals surface area contributed by atoms with Crippen LogP contribution >= 0.6 is 11.6 Å². The monoisotopic (exact) mass is 225 g/mol. The van der Waals surface area contributed by atoms with Crippen LogP contribution in [0.15, 0.2) is 12.1 Å². The predicted octanol–water partition coefficient (Wildman–Crippen LogP) is 3.70. The van der Waals surface area contributed by atoms with Crippen LogP contribution in [0.1, 0.15) is 30.9 Å². The Hall–Kier alpha value is -1.02. The van der Waals surface area contributed by atoms with E-state index in [1.54, 1.807) is 0 Å². The van der Waals surface area contributed by atoms with Crippen LogP contribution in [0.5, 0.6) is 0 Å². The number of anilines is 1. The highest BCUT2D eigenvalue weighted by Crippen LogP contribution is 2.27. The first-order valence-corrected chi connectivity index (χ1v) is 5.49. The van der Waals surface area contributed by atoms with Gasteiger partial charge in [0.05, 0.1) is 10.7 Å². The van der Waals surface area contributed by atoms with Gasteiger partial charge < -0.3 is 5.32 Å². The van der Waals surface area contributed by atoms with Crippen LogP contribution in [0.4, 0.5) is 5.69 Å². The standard InChI is InChI=1S/C12H16ClNO/c1-4-5-11(15)14-12-9(3)6-8(2)7-10(12)13/h6-7H,4-5H2,1-3H3,(H,14,15). The second-order valence-corrected chi connectivity index (χ2v) is 4.14. The van der Waals surface area contributed by atoms with Crippen molar-refractivity contribution in [2.45, 2.75) is 33.6 Å². The van der Waals surface area contributed by atoms with E-state index in [4.69, 9.17) is 11.6 Å². The Balaban J connectivity index is 2.90. The first-order chi connectivity index (χ1) is 7.04. The molecule has 0 aromatic heterocycles. The zero-order valence-corrected chi connectivity index (χ0v) is 10.1. The highest BCUT2D eigenvalue weighted by Gasteiger charge is 2.08. The van der Waals surface area contributed by atoms with E-state index in [9.17, 15) is 4.79 Å². The van der Waals surface area contributed by atoms with Crippen molar-refractivity contribution in [3.63, 3.8) is 0 Å². The van der Waals surface area contributed by atoms with Crippen molar-refractivity contribution >= 4 is 23.2 Å². The second kappa shape index (κ2) is 5.17. The molecule has 1 rings (SSSR count). The molecule has 1 amide bonds. The van der Waals surface area contributed by atoms with Crippen molar-refractivity contribution in [2.24, 2.45) is 0 Å². The summed E-state index contributed by atoms with van der Waals surface area (Å²) in [7, 11) is 0. The van der Waals surface area contributed by atoms with Crippen LogP contribution in [0.3, 0.4) is 0 Å². The van der Waals surface area contributed by atoms with Gasteiger partial charge >= 0.3 is 0 Å². The minimum atomic E-state index is 0.0198. The lowest BCUT2D eigenvalue weighted by molar-refractivity contribution is -0.116. The number of halogens is 1. The summed E-state index contributed by atoms with van der Waals surface area (Å²) in [6.45, 7) is 5.90. The van der Waals surface area contributed by atoms with Crippen LogP contribution < -0.4 is 5.32 Å². The van der Waals surface area contributed by atoms with Crippen molar-refractivity contribution in [3.05, 3.63) is 28.3 Å². The normalized spacial score (nSPS) is 10.1. The lowest BCUT2D eigenvalue weighted by atomic mass is 10.1. The van der Waals surface area contributed by atoms with Gasteiger partial charge in [0.1, 0.15) is 0 Å². The highest BCUT2D eigenvalue weighted by atomic mass is 35.5. The SMILES string of the molecule is CCCC(=O)Nc1c(C)cc(C)cc1Cl. The third-order valence-electron chi connectivity index (χ3n) is 2.17. The Morgan fingerprint density at radius 3 is 2.60 bits per heavy atom. The van der Waals surface area contributed by atoms with Gasteiger partial charge in [-0.15, -0.1) is 0 Å². The Bertz CT molecular complexity index is 351. The van der Waals surface area contributed by atoms with Gasteiger partial charge in [-0.25, -0.2) is 0 Å². The van der Waals surface area contributed by atoms with E-state index >= 15 is 0 Å². The molecular weight excluding hydrogens is 210 g/mol. The minimum absolute atomic E-state index is 0.0198. The number of carbonyl (C=O) groups is 1. The molecule has 3 heteroatoms. The van der Waals surface area contributed by atoms with Gasteiger partial charge in [-0.2, -0.15) is 0 Å². The fourth-order valence-electron chi connectivity index (χ4n) is 1.50. The van der Waals surface area contributed by atoms with Crippen molar-refractivity contribution < 1.29 is 4.79 Å². The molecule has 0 aliphatic heterocycles. The summed E-state index contributed by atoms with van der Waals surface area (Å²) in [4.78, 5) is 11.4. The Morgan fingerprint density at radius 1 is 1.40 bits per heavy atom. The smallest absolute Gasteiger partial charge is 0.224 e. The molecule has 0 saturated heterocycles. The largest absolute Gasteiger partial charge is 0.325 e. The summed E-state index contributed by atoms with van der Waals surface area (Å²) in [5.74, 6) is 0.0198. The van der Waals surface area contributed by atoms with Crippen LogP contribution in [-0.2, 0) is 4.79 Å². The topological polar surface area (TPSA) is 29.1 Å². The summed E-state index contributed by atoms with van der Waals surface area (Å²) in [6, 6.07) is 3.86. The molecule has 1 aromatic rings. The zero-order valence-electron chi connectivity index (χ0n) is 9.36. The Morgan fingerprint density at radius 2 is 2.07 bits per heavy atom. The van der Waals surface area contributed by atoms with E-state index in [-0.39, 0.29) is 5.91 Å². The number of nitrogens with one attached hydrogen (secondary N) is 1. The first-order valence-electron chi connectivity index (χ1n) is 5.11. The maximum Gasteiger partial charge on any atom is 0.224 e. The summed E-state index contributed by atoms with van der Waals surface area (Å²) in [5, 5.41) is 3.44. The summed E-state index contributed by atoms with van der Waals surface area (Å²) >= 11 is 6.06. The molecule has 0 aliphatic rings. The molecule has 1 aromatic carbocycles. The van der Waals surface area contributed by atoms with E-state index in [0.29, 0.717) is 11.4 Å². The van der Waals surface area contributed by atoms with E-state index in [2.05, 4.69) is 5.32 Å². The molecule has 0 aliphatic carbocycles. The van der Waals surface area contributed by atoms with Gasteiger partial charge in [0.25, 0.3) is 0 Å². The number of hydrogen-bond acceptors (Lipinski definition) is 1. The molecule has 0 spiro atoms. The minimum Gasteiger partial charge on any atom is -0.325 e. The highest BCUT2D eigenvalue weighted by molar-refractivity contribution is 6.34. The van der Waals surface area contributed by atoms with E-state index in [1.807, 2.05) is 32.9 Å². The first kappa shape index (κ1) is 12.1. The number of amides is 1. The molecule has 0 unspecified atom stereocenters. The number of rotatable bonds is 3. The van der Waals surface area contributed by atoms with Gasteiger partial charge in [0.2, 0.25) is 5.91 Å². The fourth-order valence-corrected chi connectivity index (χ4v) is 1.87. The van der Waals surface area contributed by atoms with Crippen molar-refractivity contribution in [1.82, 2.24) is 0 Å². The number of carbonyl (C=O) groups excluding carboxylic acids is 1. The van der Waals surface area contributed by atoms with Gasteiger partial charge in [-0.3, -0.25) is 4.79 Å². The van der Waals surface area contributed by atoms with Crippen molar-refractivity contribution in [1.29, 1.82) is 0 Å². The lowest BCUT2D eigenvalue weighted by Gasteiger charge is -2.11. The molecule has 0 atom stereocenters. The maximum atomic E-state index is 11.4. The average molecular weight is 226 g/mol. The van der Waals surface area contributed by atoms with Crippen LogP contribution in [0.25, 0.3) is 0 Å². The Kier molecular flexibility index (Phi) is 4.15. The van der Waals surface area contributed by atoms with Gasteiger partial charge in [0, 0.05) is 6.42 Å². The number of aryl methyl sites for hydroxylation is 2. The third-order valence-corrected chi connectivity index (χ3v) is 2.47. The molecule has 15 heavy (non-hydrogen) atoms. The maximum absolute atomic E-state index is 11.4. The molecule has 0 bridgehead atoms. The lowest BCUT2D eigenvalue weighted by Crippen LogP contribution is -2.12. The van der Waals surface area contributed by atoms with Gasteiger partial charge in [0.15, 0.2) is 0 Å². The van der Waals surface area contributed by atoms with Crippen LogP contribution in [0, 0.1) is 13.8 Å². The van der Waals surface area contributed by atoms with Crippen LogP contribution in [-0.4, -0.2) is 5.91 Å². The quantitative estimate of drug-likeness (QED) is 0.835. The van der Waals surface area contributed by atoms with E-state index < -0.39 is 0 Å². The molecule has 0 radical (unpaired) electrons. The summed E-state index contributed by atoms with van der Waals surface area (Å²) < 4.78 is 0. The van der Waals surface area contributed by atoms with Crippen LogP contribution in [0.2, 0.25) is 5.02 Å². The summed E-state index contributed by atoms with van der Waals surface area (Å²) in [6.07, 6.45) is 1.37. The number of hydrogen-bond donors (Lipinski definition) is 1. The van der Waals surface area contributed by atoms with E-state index in [1.165, 1.54) is 0 Å². The average Bonchev–Trinajstić information content (AvgIpc) is 2.11. The molecule has 82 valence electrons. The number of benzene rings is 1. The predicted molar refractivity (Wildman–Crippen MR) is 64.5 cm³/mol. The van der Waals surface area contributed by atoms with Gasteiger partial charge in [-0.1, -0.05) is 24.6 Å². The fraction of sp³-hybridized carbons (Fsp3) is 0.417. The molecule has 1 N–H and O–H groups in total. The zero-order chi connectivity index (χ0) is 11.4. The van der Waals surface area contributed by atoms with Gasteiger partial charge in [-0.05, 0) is 37.5 Å². The van der Waals surface area contributed by atoms with Crippen molar-refractivity contribution in [2.75, 3.05) is 5.32 Å². The van der Waals surface area contributed by atoms with Crippen molar-refractivity contribution in [3.8, 4) is 0 Å². The molecular formula is C12H16ClNO. The molecule has 2 nitrogen and oxygen atoms in total. The Labute approximate surface area is 95.6 Å².